The zero-order valence-electron chi connectivity index (χ0n) is 9.69. The molecule has 0 bridgehead atoms. The van der Waals surface area contributed by atoms with Crippen molar-refractivity contribution in [3.05, 3.63) is 11.1 Å². The average molecular weight is 257 g/mol. The fraction of sp³-hybridized carbons (Fsp3) is 0.500. The van der Waals surface area contributed by atoms with E-state index < -0.39 is 5.97 Å². The van der Waals surface area contributed by atoms with Gasteiger partial charge in [-0.25, -0.2) is 4.98 Å². The van der Waals surface area contributed by atoms with Gasteiger partial charge in [0.2, 0.25) is 5.91 Å². The van der Waals surface area contributed by atoms with E-state index in [-0.39, 0.29) is 18.4 Å². The fourth-order valence-electron chi connectivity index (χ4n) is 1.19. The first kappa shape index (κ1) is 13.4. The van der Waals surface area contributed by atoms with E-state index >= 15 is 0 Å². The summed E-state index contributed by atoms with van der Waals surface area (Å²) in [5.74, 6) is -0.960. The normalized spacial score (nSPS) is 11.9. The van der Waals surface area contributed by atoms with Gasteiger partial charge in [0.1, 0.15) is 6.04 Å². The van der Waals surface area contributed by atoms with E-state index in [1.807, 2.05) is 0 Å². The van der Waals surface area contributed by atoms with Gasteiger partial charge >= 0.3 is 5.97 Å². The summed E-state index contributed by atoms with van der Waals surface area (Å²) in [6, 6.07) is -0.363. The van der Waals surface area contributed by atoms with Crippen LogP contribution >= 0.6 is 11.3 Å². The Hall–Kier alpha value is -1.63. The van der Waals surface area contributed by atoms with Crippen LogP contribution in [0, 0.1) is 0 Å². The molecule has 0 saturated heterocycles. The van der Waals surface area contributed by atoms with Crippen molar-refractivity contribution >= 4 is 28.3 Å². The number of aromatic nitrogens is 1. The minimum Gasteiger partial charge on any atom is -0.481 e. The van der Waals surface area contributed by atoms with E-state index in [4.69, 9.17) is 5.11 Å². The molecule has 7 heteroatoms. The molecule has 0 aromatic carbocycles. The van der Waals surface area contributed by atoms with Crippen LogP contribution in [-0.4, -0.2) is 35.1 Å². The molecule has 94 valence electrons. The van der Waals surface area contributed by atoms with E-state index in [0.717, 1.165) is 5.69 Å². The Morgan fingerprint density at radius 1 is 1.59 bits per heavy atom. The molecule has 0 aliphatic carbocycles. The van der Waals surface area contributed by atoms with E-state index in [1.54, 1.807) is 19.4 Å². The van der Waals surface area contributed by atoms with Crippen LogP contribution in [0.5, 0.6) is 0 Å². The summed E-state index contributed by atoms with van der Waals surface area (Å²) in [7, 11) is 1.57. The van der Waals surface area contributed by atoms with E-state index in [0.29, 0.717) is 11.6 Å². The lowest BCUT2D eigenvalue weighted by atomic mass is 10.2. The number of amides is 1. The minimum absolute atomic E-state index is 0.0637. The third-order valence-corrected chi connectivity index (χ3v) is 2.95. The molecular weight excluding hydrogens is 242 g/mol. The van der Waals surface area contributed by atoms with Gasteiger partial charge in [0, 0.05) is 18.8 Å². The van der Waals surface area contributed by atoms with Crippen molar-refractivity contribution in [3.63, 3.8) is 0 Å². The SMILES string of the molecule is CNC(=O)C(C)Nc1nc(CCC(=O)O)cs1. The first-order chi connectivity index (χ1) is 8.02. The van der Waals surface area contributed by atoms with Crippen LogP contribution < -0.4 is 10.6 Å². The highest BCUT2D eigenvalue weighted by Gasteiger charge is 2.12. The number of likely N-dealkylation sites (N-methyl/N-ethyl adjacent to an activating group) is 1. The first-order valence-electron chi connectivity index (χ1n) is 5.17. The second kappa shape index (κ2) is 6.19. The van der Waals surface area contributed by atoms with E-state index in [9.17, 15) is 9.59 Å². The number of hydrogen-bond acceptors (Lipinski definition) is 5. The van der Waals surface area contributed by atoms with Crippen molar-refractivity contribution in [2.75, 3.05) is 12.4 Å². The maximum absolute atomic E-state index is 11.3. The number of thiazole rings is 1. The topological polar surface area (TPSA) is 91.3 Å². The molecule has 0 aliphatic heterocycles. The lowest BCUT2D eigenvalue weighted by molar-refractivity contribution is -0.137. The number of carbonyl (C=O) groups excluding carboxylic acids is 1. The van der Waals surface area contributed by atoms with Gasteiger partial charge in [-0.1, -0.05) is 0 Å². The molecule has 0 aliphatic rings. The maximum atomic E-state index is 11.3. The summed E-state index contributed by atoms with van der Waals surface area (Å²) >= 11 is 1.36. The maximum Gasteiger partial charge on any atom is 0.303 e. The average Bonchev–Trinajstić information content (AvgIpc) is 2.73. The second-order valence-corrected chi connectivity index (χ2v) is 4.38. The first-order valence-corrected chi connectivity index (χ1v) is 6.05. The molecule has 3 N–H and O–H groups in total. The molecule has 1 heterocycles. The molecular formula is C10H15N3O3S. The predicted molar refractivity (Wildman–Crippen MR) is 65.2 cm³/mol. The number of hydrogen-bond donors (Lipinski definition) is 3. The van der Waals surface area contributed by atoms with E-state index in [1.165, 1.54) is 11.3 Å². The highest BCUT2D eigenvalue weighted by Crippen LogP contribution is 2.17. The molecule has 6 nitrogen and oxygen atoms in total. The van der Waals surface area contributed by atoms with Gasteiger partial charge in [-0.05, 0) is 6.92 Å². The molecule has 1 atom stereocenters. The second-order valence-electron chi connectivity index (χ2n) is 3.52. The molecule has 1 rings (SSSR count). The highest BCUT2D eigenvalue weighted by atomic mass is 32.1. The molecule has 17 heavy (non-hydrogen) atoms. The Balaban J connectivity index is 2.50. The van der Waals surface area contributed by atoms with Crippen LogP contribution in [0.2, 0.25) is 0 Å². The summed E-state index contributed by atoms with van der Waals surface area (Å²) in [6.45, 7) is 1.73. The van der Waals surface area contributed by atoms with Crippen LogP contribution in [0.3, 0.4) is 0 Å². The predicted octanol–water partition coefficient (Wildman–Crippen LogP) is 0.707. The lowest BCUT2D eigenvalue weighted by Crippen LogP contribution is -2.35. The monoisotopic (exact) mass is 257 g/mol. The Kier molecular flexibility index (Phi) is 4.89. The van der Waals surface area contributed by atoms with Crippen molar-refractivity contribution in [1.82, 2.24) is 10.3 Å². The number of carboxylic acids is 1. The largest absolute Gasteiger partial charge is 0.481 e. The summed E-state index contributed by atoms with van der Waals surface area (Å²) in [4.78, 5) is 25.9. The van der Waals surface area contributed by atoms with E-state index in [2.05, 4.69) is 15.6 Å². The lowest BCUT2D eigenvalue weighted by Gasteiger charge is -2.10. The molecule has 1 amide bonds. The van der Waals surface area contributed by atoms with Gasteiger partial charge in [0.25, 0.3) is 0 Å². The summed E-state index contributed by atoms with van der Waals surface area (Å²) in [5.41, 5.74) is 0.726. The van der Waals surface area contributed by atoms with Crippen molar-refractivity contribution < 1.29 is 14.7 Å². The third-order valence-electron chi connectivity index (χ3n) is 2.13. The number of rotatable bonds is 6. The quantitative estimate of drug-likeness (QED) is 0.698. The number of aliphatic carboxylic acids is 1. The van der Waals surface area contributed by atoms with Gasteiger partial charge in [-0.3, -0.25) is 9.59 Å². The Morgan fingerprint density at radius 2 is 2.29 bits per heavy atom. The number of carboxylic acid groups (broad SMARTS) is 1. The fourth-order valence-corrected chi connectivity index (χ4v) is 2.02. The van der Waals surface area contributed by atoms with Crippen molar-refractivity contribution in [1.29, 1.82) is 0 Å². The Bertz CT molecular complexity index is 405. The van der Waals surface area contributed by atoms with Gasteiger partial charge in [-0.15, -0.1) is 11.3 Å². The summed E-state index contributed by atoms with van der Waals surface area (Å²) in [5, 5.41) is 16.4. The van der Waals surface area contributed by atoms with Gasteiger partial charge < -0.3 is 15.7 Å². The molecule has 0 saturated carbocycles. The molecule has 1 unspecified atom stereocenters. The Morgan fingerprint density at radius 3 is 2.88 bits per heavy atom. The number of aryl methyl sites for hydroxylation is 1. The number of carbonyl (C=O) groups is 2. The highest BCUT2D eigenvalue weighted by molar-refractivity contribution is 7.13. The molecule has 1 aromatic rings. The third kappa shape index (κ3) is 4.39. The number of nitrogens with zero attached hydrogens (tertiary/aromatic N) is 1. The zero-order chi connectivity index (χ0) is 12.8. The van der Waals surface area contributed by atoms with Crippen molar-refractivity contribution in [2.24, 2.45) is 0 Å². The van der Waals surface area contributed by atoms with Crippen LogP contribution in [0.4, 0.5) is 5.13 Å². The zero-order valence-corrected chi connectivity index (χ0v) is 10.5. The molecule has 0 radical (unpaired) electrons. The van der Waals surface area contributed by atoms with Crippen molar-refractivity contribution in [3.8, 4) is 0 Å². The number of nitrogens with one attached hydrogen (secondary N) is 2. The Labute approximate surface area is 103 Å². The standard InChI is InChI=1S/C10H15N3O3S/c1-6(9(16)11-2)12-10-13-7(5-17-10)3-4-8(14)15/h5-6H,3-4H2,1-2H3,(H,11,16)(H,12,13)(H,14,15). The number of anilines is 1. The molecule has 0 fully saturated rings. The summed E-state index contributed by atoms with van der Waals surface area (Å²) in [6.07, 6.45) is 0.468. The van der Waals surface area contributed by atoms with Crippen LogP contribution in [0.25, 0.3) is 0 Å². The van der Waals surface area contributed by atoms with Crippen molar-refractivity contribution in [2.45, 2.75) is 25.8 Å². The van der Waals surface area contributed by atoms with Crippen LogP contribution in [0.1, 0.15) is 19.0 Å². The van der Waals surface area contributed by atoms with Gasteiger partial charge in [0.15, 0.2) is 5.13 Å². The van der Waals surface area contributed by atoms with Crippen LogP contribution in [0.15, 0.2) is 5.38 Å². The smallest absolute Gasteiger partial charge is 0.303 e. The summed E-state index contributed by atoms with van der Waals surface area (Å²) < 4.78 is 0. The minimum atomic E-state index is -0.841. The van der Waals surface area contributed by atoms with Gasteiger partial charge in [-0.2, -0.15) is 0 Å². The molecule has 0 spiro atoms. The van der Waals surface area contributed by atoms with Gasteiger partial charge in [0.05, 0.1) is 12.1 Å². The van der Waals surface area contributed by atoms with Crippen LogP contribution in [-0.2, 0) is 16.0 Å². The molecule has 1 aromatic heterocycles.